The minimum absolute atomic E-state index is 0.0708. The third-order valence-corrected chi connectivity index (χ3v) is 6.97. The van der Waals surface area contributed by atoms with Gasteiger partial charge in [0.25, 0.3) is 0 Å². The molecule has 41 heavy (non-hydrogen) atoms. The quantitative estimate of drug-likeness (QED) is 0.215. The van der Waals surface area contributed by atoms with E-state index in [0.29, 0.717) is 34.6 Å². The number of likely N-dealkylation sites (N-methyl/N-ethyl adjacent to an activating group) is 1. The van der Waals surface area contributed by atoms with E-state index >= 15 is 0 Å². The maximum absolute atomic E-state index is 13.4. The number of phenolic OH excluding ortho intramolecular Hbond substituents is 1. The van der Waals surface area contributed by atoms with Crippen LogP contribution in [0.2, 0.25) is 0 Å². The number of carbonyl (C=O) groups excluding carboxylic acids is 3. The number of aliphatic hydroxyl groups excluding tert-OH is 1. The Balaban J connectivity index is 1.90. The number of aliphatic hydroxyl groups is 1. The lowest BCUT2D eigenvalue weighted by Gasteiger charge is -2.25. The predicted octanol–water partition coefficient (Wildman–Crippen LogP) is 0.823. The minimum Gasteiger partial charge on any atom is -0.504 e. The highest BCUT2D eigenvalue weighted by Gasteiger charge is 2.31. The van der Waals surface area contributed by atoms with E-state index in [9.17, 15) is 24.6 Å². The van der Waals surface area contributed by atoms with Crippen LogP contribution in [0.3, 0.4) is 0 Å². The summed E-state index contributed by atoms with van der Waals surface area (Å²) in [6.07, 6.45) is -0.0129. The summed E-state index contributed by atoms with van der Waals surface area (Å²) in [7, 11) is 2.83. The third kappa shape index (κ3) is 7.26. The molecule has 1 saturated heterocycles. The number of hydrogen-bond acceptors (Lipinski definition) is 10. The molecule has 0 saturated carbocycles. The topological polar surface area (TPSA) is 168 Å². The van der Waals surface area contributed by atoms with Crippen LogP contribution in [0.1, 0.15) is 31.0 Å². The van der Waals surface area contributed by atoms with E-state index in [1.54, 1.807) is 37.4 Å². The number of phenols is 1. The highest BCUT2D eigenvalue weighted by atomic mass is 16.6. The van der Waals surface area contributed by atoms with Crippen molar-refractivity contribution in [2.45, 2.75) is 44.5 Å². The van der Waals surface area contributed by atoms with Gasteiger partial charge in [-0.15, -0.1) is 0 Å². The van der Waals surface area contributed by atoms with Gasteiger partial charge in [-0.05, 0) is 49.4 Å². The van der Waals surface area contributed by atoms with Crippen molar-refractivity contribution < 1.29 is 43.5 Å². The maximum atomic E-state index is 13.4. The third-order valence-electron chi connectivity index (χ3n) is 6.97. The molecule has 12 nitrogen and oxygen atoms in total. The van der Waals surface area contributed by atoms with Gasteiger partial charge in [-0.2, -0.15) is 0 Å². The molecule has 0 aromatic heterocycles. The Morgan fingerprint density at radius 3 is 2.54 bits per heavy atom. The summed E-state index contributed by atoms with van der Waals surface area (Å²) in [6, 6.07) is 5.50. The molecule has 0 aliphatic carbocycles. The van der Waals surface area contributed by atoms with E-state index in [2.05, 4.69) is 16.0 Å². The predicted molar refractivity (Wildman–Crippen MR) is 148 cm³/mol. The number of amides is 2. The number of fused-ring (bicyclic) bond motifs is 5. The fraction of sp³-hybridized carbons (Fsp3) is 0.483. The van der Waals surface area contributed by atoms with E-state index in [-0.39, 0.29) is 49.8 Å². The lowest BCUT2D eigenvalue weighted by Crippen LogP contribution is -2.52. The molecule has 0 unspecified atom stereocenters. The Labute approximate surface area is 238 Å². The molecule has 1 fully saturated rings. The van der Waals surface area contributed by atoms with Crippen molar-refractivity contribution in [1.29, 1.82) is 0 Å². The molecule has 0 spiro atoms. The van der Waals surface area contributed by atoms with E-state index in [1.165, 1.54) is 14.0 Å². The average Bonchev–Trinajstić information content (AvgIpc) is 3.79. The number of rotatable bonds is 9. The first-order chi connectivity index (χ1) is 19.6. The van der Waals surface area contributed by atoms with Gasteiger partial charge in [-0.3, -0.25) is 9.59 Å². The van der Waals surface area contributed by atoms with Crippen molar-refractivity contribution in [2.24, 2.45) is 5.92 Å². The van der Waals surface area contributed by atoms with Gasteiger partial charge in [0.1, 0.15) is 36.6 Å². The van der Waals surface area contributed by atoms with Crippen molar-refractivity contribution in [1.82, 2.24) is 16.0 Å². The zero-order valence-corrected chi connectivity index (χ0v) is 23.6. The minimum atomic E-state index is -1.04. The first-order valence-electron chi connectivity index (χ1n) is 13.5. The molecule has 2 amide bonds. The Bertz CT molecular complexity index is 1280. The largest absolute Gasteiger partial charge is 0.504 e. The van der Waals surface area contributed by atoms with Crippen LogP contribution >= 0.6 is 0 Å². The molecular formula is C29H37N3O9. The molecule has 5 atom stereocenters. The summed E-state index contributed by atoms with van der Waals surface area (Å²) < 4.78 is 22.1. The molecule has 2 aliphatic rings. The SMILES string of the molecule is CN[C@@H]1C(=O)N[C@@H](C)C(=O)N[C@H](C(=O)OC)Cc2ccc(OC[C@H](C)CO)c(c2)-c2cc1cc(OC[C@H]1CO1)c2O. The van der Waals surface area contributed by atoms with Crippen LogP contribution in [0.4, 0.5) is 0 Å². The summed E-state index contributed by atoms with van der Waals surface area (Å²) in [6.45, 7) is 4.24. The Kier molecular flexibility index (Phi) is 9.69. The van der Waals surface area contributed by atoms with Gasteiger partial charge in [-0.25, -0.2) is 4.79 Å². The first kappa shape index (κ1) is 30.1. The van der Waals surface area contributed by atoms with Gasteiger partial charge in [-0.1, -0.05) is 13.0 Å². The van der Waals surface area contributed by atoms with Crippen molar-refractivity contribution in [3.05, 3.63) is 41.5 Å². The molecule has 4 bridgehead atoms. The van der Waals surface area contributed by atoms with E-state index in [4.69, 9.17) is 18.9 Å². The molecule has 0 radical (unpaired) electrons. The fourth-order valence-corrected chi connectivity index (χ4v) is 4.46. The van der Waals surface area contributed by atoms with Crippen LogP contribution in [0, 0.1) is 5.92 Å². The highest BCUT2D eigenvalue weighted by Crippen LogP contribution is 2.44. The summed E-state index contributed by atoms with van der Waals surface area (Å²) in [5, 5.41) is 29.3. The van der Waals surface area contributed by atoms with Crippen LogP contribution in [-0.2, 0) is 30.3 Å². The Morgan fingerprint density at radius 2 is 1.88 bits per heavy atom. The van der Waals surface area contributed by atoms with Crippen LogP contribution in [-0.4, -0.2) is 86.8 Å². The molecular weight excluding hydrogens is 534 g/mol. The number of hydrogen-bond donors (Lipinski definition) is 5. The second-order valence-electron chi connectivity index (χ2n) is 10.4. The van der Waals surface area contributed by atoms with Crippen molar-refractivity contribution in [3.63, 3.8) is 0 Å². The van der Waals surface area contributed by atoms with Gasteiger partial charge in [0.05, 0.1) is 20.3 Å². The smallest absolute Gasteiger partial charge is 0.328 e. The van der Waals surface area contributed by atoms with Crippen LogP contribution in [0.5, 0.6) is 17.2 Å². The second kappa shape index (κ2) is 13.2. The average molecular weight is 572 g/mol. The van der Waals surface area contributed by atoms with Gasteiger partial charge in [0.15, 0.2) is 11.5 Å². The van der Waals surface area contributed by atoms with Gasteiger partial charge < -0.3 is 45.1 Å². The zero-order chi connectivity index (χ0) is 29.7. The molecule has 2 heterocycles. The molecule has 4 rings (SSSR count). The summed E-state index contributed by atoms with van der Waals surface area (Å²) >= 11 is 0. The second-order valence-corrected chi connectivity index (χ2v) is 10.4. The van der Waals surface area contributed by atoms with Gasteiger partial charge in [0, 0.05) is 30.1 Å². The van der Waals surface area contributed by atoms with E-state index < -0.39 is 35.9 Å². The summed E-state index contributed by atoms with van der Waals surface area (Å²) in [5.41, 5.74) is 1.92. The Morgan fingerprint density at radius 1 is 1.12 bits per heavy atom. The zero-order valence-electron chi connectivity index (χ0n) is 23.6. The lowest BCUT2D eigenvalue weighted by molar-refractivity contribution is -0.145. The summed E-state index contributed by atoms with van der Waals surface area (Å²) in [4.78, 5) is 39.0. The number of aromatic hydroxyl groups is 1. The van der Waals surface area contributed by atoms with Gasteiger partial charge in [0.2, 0.25) is 11.8 Å². The van der Waals surface area contributed by atoms with E-state index in [0.717, 1.165) is 0 Å². The maximum Gasteiger partial charge on any atom is 0.328 e. The van der Waals surface area contributed by atoms with Crippen molar-refractivity contribution >= 4 is 17.8 Å². The fourth-order valence-electron chi connectivity index (χ4n) is 4.46. The number of carbonyl (C=O) groups is 3. The number of epoxide rings is 1. The van der Waals surface area contributed by atoms with Gasteiger partial charge >= 0.3 is 5.97 Å². The van der Waals surface area contributed by atoms with Crippen molar-refractivity contribution in [2.75, 3.05) is 40.6 Å². The van der Waals surface area contributed by atoms with Crippen LogP contribution < -0.4 is 25.4 Å². The standard InChI is InChI=1S/C29H37N3O9/c1-15(11-33)12-40-23-6-5-17-7-20(23)21-9-18(10-24(26(21)34)41-14-19-13-39-19)25(30-3)28(36)31-16(2)27(35)32-22(8-17)29(37)38-4/h5-7,9-10,15-16,19,22,25,30,33-34H,8,11-14H2,1-4H3,(H,31,36)(H,32,35)/t15-,16+,19-,22+,25+/m1/s1. The number of benzene rings is 2. The molecule has 222 valence electrons. The first-order valence-corrected chi connectivity index (χ1v) is 13.5. The molecule has 12 heteroatoms. The van der Waals surface area contributed by atoms with Crippen LogP contribution in [0.15, 0.2) is 30.3 Å². The highest BCUT2D eigenvalue weighted by molar-refractivity contribution is 5.93. The normalized spacial score (nSPS) is 23.0. The molecule has 2 aromatic rings. The number of ether oxygens (including phenoxy) is 4. The number of nitrogens with one attached hydrogen (secondary N) is 3. The van der Waals surface area contributed by atoms with Crippen molar-refractivity contribution in [3.8, 4) is 28.4 Å². The van der Waals surface area contributed by atoms with Crippen LogP contribution in [0.25, 0.3) is 11.1 Å². The molecule has 2 aliphatic heterocycles. The Hall–Kier alpha value is -3.87. The lowest BCUT2D eigenvalue weighted by atomic mass is 9.93. The number of methoxy groups -OCH3 is 1. The van der Waals surface area contributed by atoms with E-state index in [1.807, 2.05) is 6.92 Å². The molecule has 5 N–H and O–H groups in total. The number of esters is 1. The summed E-state index contributed by atoms with van der Waals surface area (Å²) in [5.74, 6) is -1.49. The monoisotopic (exact) mass is 571 g/mol. The molecule has 2 aromatic carbocycles.